The lowest BCUT2D eigenvalue weighted by atomic mass is 10.2. The van der Waals surface area contributed by atoms with Crippen molar-refractivity contribution in [3.63, 3.8) is 0 Å². The zero-order chi connectivity index (χ0) is 21.5. The van der Waals surface area contributed by atoms with Crippen LogP contribution in [0.15, 0.2) is 47.9 Å². The molecular weight excluding hydrogens is 364 g/mol. The third kappa shape index (κ3) is 11.1. The molecule has 0 bridgehead atoms. The van der Waals surface area contributed by atoms with Gasteiger partial charge in [-0.2, -0.15) is 10.5 Å². The van der Waals surface area contributed by atoms with Gasteiger partial charge in [0.15, 0.2) is 0 Å². The smallest absolute Gasteiger partial charge is 0.348 e. The second-order valence-corrected chi connectivity index (χ2v) is 5.85. The minimum absolute atomic E-state index is 0.246. The highest BCUT2D eigenvalue weighted by molar-refractivity contribution is 5.93. The first-order valence-corrected chi connectivity index (χ1v) is 8.13. The van der Waals surface area contributed by atoms with Crippen LogP contribution in [0, 0.1) is 22.7 Å². The van der Waals surface area contributed by atoms with Crippen LogP contribution in [0.4, 0.5) is 0 Å². The van der Waals surface area contributed by atoms with E-state index in [-0.39, 0.29) is 11.1 Å². The van der Waals surface area contributed by atoms with Gasteiger partial charge in [0, 0.05) is 28.2 Å². The van der Waals surface area contributed by atoms with Crippen LogP contribution in [-0.4, -0.2) is 74.4 Å². The van der Waals surface area contributed by atoms with Crippen molar-refractivity contribution < 1.29 is 24.2 Å². The van der Waals surface area contributed by atoms with Gasteiger partial charge in [-0.15, -0.1) is 0 Å². The summed E-state index contributed by atoms with van der Waals surface area (Å²) in [7, 11) is 7.10. The summed E-state index contributed by atoms with van der Waals surface area (Å²) in [5, 5.41) is 27.7. The van der Waals surface area contributed by atoms with Crippen molar-refractivity contribution in [1.29, 1.82) is 10.5 Å². The molecular formula is C19H24N4O5. The molecule has 0 amide bonds. The molecule has 0 radical (unpaired) electrons. The minimum atomic E-state index is -1.30. The first kappa shape index (κ1) is 24.4. The number of esters is 2. The summed E-state index contributed by atoms with van der Waals surface area (Å²) in [6.07, 6.45) is 7.51. The quantitative estimate of drug-likeness (QED) is 0.246. The van der Waals surface area contributed by atoms with Crippen molar-refractivity contribution in [3.8, 4) is 12.1 Å². The summed E-state index contributed by atoms with van der Waals surface area (Å²) in [4.78, 5) is 27.0. The maximum Gasteiger partial charge on any atom is 0.348 e. The predicted octanol–water partition coefficient (Wildman–Crippen LogP) is 0.484. The van der Waals surface area contributed by atoms with E-state index in [9.17, 15) is 14.7 Å². The fraction of sp³-hybridized carbons (Fsp3) is 0.368. The fourth-order valence-corrected chi connectivity index (χ4v) is 1.47. The van der Waals surface area contributed by atoms with Crippen LogP contribution < -0.4 is 0 Å². The molecule has 28 heavy (non-hydrogen) atoms. The molecule has 9 heteroatoms. The van der Waals surface area contributed by atoms with E-state index in [1.807, 2.05) is 0 Å². The van der Waals surface area contributed by atoms with Crippen LogP contribution in [0.3, 0.4) is 0 Å². The molecule has 0 heterocycles. The van der Waals surface area contributed by atoms with Crippen LogP contribution in [0.25, 0.3) is 0 Å². The van der Waals surface area contributed by atoms with Crippen LogP contribution in [0.2, 0.25) is 0 Å². The van der Waals surface area contributed by atoms with E-state index in [0.717, 1.165) is 0 Å². The van der Waals surface area contributed by atoms with Gasteiger partial charge in [-0.05, 0) is 36.7 Å². The number of aliphatic hydroxyl groups excluding tert-OH is 1. The lowest BCUT2D eigenvalue weighted by molar-refractivity contribution is -0.147. The number of carbonyl (C=O) groups is 2. The zero-order valence-electron chi connectivity index (χ0n) is 16.3. The Balaban J connectivity index is 4.57. The third-order valence-corrected chi connectivity index (χ3v) is 2.79. The number of hydrogen-bond acceptors (Lipinski definition) is 9. The number of aliphatic hydroxyl groups is 1. The number of hydrogen-bond donors (Lipinski definition) is 1. The summed E-state index contributed by atoms with van der Waals surface area (Å²) in [6, 6.07) is 3.39. The molecule has 0 aliphatic carbocycles. The molecule has 0 aromatic rings. The van der Waals surface area contributed by atoms with E-state index in [0.29, 0.717) is 0 Å². The maximum atomic E-state index is 11.8. The Morgan fingerprint density at radius 2 is 1.25 bits per heavy atom. The van der Waals surface area contributed by atoms with Crippen LogP contribution in [0.5, 0.6) is 0 Å². The molecule has 0 fully saturated rings. The Hall–Kier alpha value is -3.56. The van der Waals surface area contributed by atoms with Gasteiger partial charge in [0.1, 0.15) is 42.6 Å². The van der Waals surface area contributed by atoms with Gasteiger partial charge in [0.05, 0.1) is 0 Å². The summed E-state index contributed by atoms with van der Waals surface area (Å²) in [5.74, 6) is -1.83. The Morgan fingerprint density at radius 3 is 1.54 bits per heavy atom. The molecule has 1 atom stereocenters. The van der Waals surface area contributed by atoms with Gasteiger partial charge in [-0.1, -0.05) is 0 Å². The number of ether oxygens (including phenoxy) is 2. The normalized spacial score (nSPS) is 13.0. The number of rotatable bonds is 10. The van der Waals surface area contributed by atoms with Crippen molar-refractivity contribution in [1.82, 2.24) is 9.80 Å². The Bertz CT molecular complexity index is 674. The molecule has 1 N–H and O–H groups in total. The highest BCUT2D eigenvalue weighted by Crippen LogP contribution is 2.02. The molecule has 150 valence electrons. The van der Waals surface area contributed by atoms with Crippen molar-refractivity contribution in [2.24, 2.45) is 0 Å². The second-order valence-electron chi connectivity index (χ2n) is 5.85. The van der Waals surface area contributed by atoms with E-state index in [1.54, 1.807) is 62.5 Å². The van der Waals surface area contributed by atoms with E-state index >= 15 is 0 Å². The molecule has 0 aromatic carbocycles. The van der Waals surface area contributed by atoms with Gasteiger partial charge >= 0.3 is 11.9 Å². The SMILES string of the molecule is CN(C)/C=C/C=C(/C#N)C(=O)OCC(O)COC(=O)/C(C#N)=C/C=C/N(C)C. The summed E-state index contributed by atoms with van der Waals surface area (Å²) >= 11 is 0. The average Bonchev–Trinajstić information content (AvgIpc) is 2.64. The van der Waals surface area contributed by atoms with Gasteiger partial charge in [0.2, 0.25) is 0 Å². The lowest BCUT2D eigenvalue weighted by Gasteiger charge is -2.11. The van der Waals surface area contributed by atoms with Gasteiger partial charge in [-0.25, -0.2) is 9.59 Å². The second kappa shape index (κ2) is 13.6. The van der Waals surface area contributed by atoms with E-state index in [4.69, 9.17) is 20.0 Å². The maximum absolute atomic E-state index is 11.8. The molecule has 0 rings (SSSR count). The van der Waals surface area contributed by atoms with Crippen molar-refractivity contribution in [2.75, 3.05) is 41.4 Å². The zero-order valence-corrected chi connectivity index (χ0v) is 16.3. The topological polar surface area (TPSA) is 127 Å². The third-order valence-electron chi connectivity index (χ3n) is 2.79. The lowest BCUT2D eigenvalue weighted by Crippen LogP contribution is -2.26. The first-order valence-electron chi connectivity index (χ1n) is 8.13. The molecule has 9 nitrogen and oxygen atoms in total. The standard InChI is InChI=1S/C19H24N4O5/c1-22(2)9-5-7-15(11-20)18(25)27-13-17(24)14-28-19(26)16(12-21)8-6-10-23(3)4/h5-10,17,24H,13-14H2,1-4H3/b9-5+,10-6+,15-7-,16-8+. The van der Waals surface area contributed by atoms with E-state index < -0.39 is 31.3 Å². The summed E-state index contributed by atoms with van der Waals surface area (Å²) < 4.78 is 9.62. The monoisotopic (exact) mass is 388 g/mol. The first-order chi connectivity index (χ1) is 13.2. The van der Waals surface area contributed by atoms with Crippen LogP contribution >= 0.6 is 0 Å². The molecule has 0 aromatic heterocycles. The molecule has 0 aliphatic heterocycles. The highest BCUT2D eigenvalue weighted by atomic mass is 16.6. The molecule has 0 aliphatic rings. The summed E-state index contributed by atoms with van der Waals surface area (Å²) in [6.45, 7) is -0.955. The van der Waals surface area contributed by atoms with E-state index in [2.05, 4.69) is 0 Å². The average molecular weight is 388 g/mol. The molecule has 0 saturated carbocycles. The Labute approximate surface area is 164 Å². The van der Waals surface area contributed by atoms with Gasteiger partial charge < -0.3 is 24.4 Å². The van der Waals surface area contributed by atoms with Crippen LogP contribution in [-0.2, 0) is 19.1 Å². The van der Waals surface area contributed by atoms with Crippen molar-refractivity contribution in [2.45, 2.75) is 6.10 Å². The largest absolute Gasteiger partial charge is 0.459 e. The molecule has 0 spiro atoms. The van der Waals surface area contributed by atoms with E-state index in [1.165, 1.54) is 24.3 Å². The number of nitriles is 2. The number of carbonyl (C=O) groups excluding carboxylic acids is 2. The molecule has 0 saturated heterocycles. The van der Waals surface area contributed by atoms with Crippen molar-refractivity contribution in [3.05, 3.63) is 47.9 Å². The van der Waals surface area contributed by atoms with Gasteiger partial charge in [-0.3, -0.25) is 0 Å². The predicted molar refractivity (Wildman–Crippen MR) is 101 cm³/mol. The fourth-order valence-electron chi connectivity index (χ4n) is 1.47. The van der Waals surface area contributed by atoms with Gasteiger partial charge in [0.25, 0.3) is 0 Å². The van der Waals surface area contributed by atoms with Crippen LogP contribution in [0.1, 0.15) is 0 Å². The summed E-state index contributed by atoms with van der Waals surface area (Å²) in [5.41, 5.74) is -0.491. The highest BCUT2D eigenvalue weighted by Gasteiger charge is 2.16. The number of allylic oxidation sites excluding steroid dienone is 4. The van der Waals surface area contributed by atoms with Crippen molar-refractivity contribution >= 4 is 11.9 Å². The Morgan fingerprint density at radius 1 is 0.893 bits per heavy atom. The minimum Gasteiger partial charge on any atom is -0.459 e. The Kier molecular flexibility index (Phi) is 11.9. The number of nitrogens with zero attached hydrogens (tertiary/aromatic N) is 4. The molecule has 1 unspecified atom stereocenters.